The average Bonchev–Trinajstić information content (AvgIpc) is 2.16. The molecule has 1 fully saturated rings. The van der Waals surface area contributed by atoms with Crippen LogP contribution in [0, 0.1) is 0 Å². The van der Waals surface area contributed by atoms with Crippen LogP contribution >= 0.6 is 0 Å². The first-order chi connectivity index (χ1) is 6.29. The fraction of sp³-hybridized carbons (Fsp3) is 0.900. The summed E-state index contributed by atoms with van der Waals surface area (Å²) in [4.78, 5) is 13.7. The minimum absolute atomic E-state index is 0.0746. The monoisotopic (exact) mass is 184 g/mol. The van der Waals surface area contributed by atoms with Crippen LogP contribution in [-0.4, -0.2) is 36.5 Å². The number of carbonyl (C=O) groups excluding carboxylic acids is 1. The highest BCUT2D eigenvalue weighted by Crippen LogP contribution is 2.05. The molecule has 1 saturated heterocycles. The summed E-state index contributed by atoms with van der Waals surface area (Å²) in [5, 5.41) is 3.23. The molecule has 3 heteroatoms. The summed E-state index contributed by atoms with van der Waals surface area (Å²) in [6, 6.07) is 0.0746. The second kappa shape index (κ2) is 5.22. The van der Waals surface area contributed by atoms with Crippen molar-refractivity contribution in [3.05, 3.63) is 0 Å². The van der Waals surface area contributed by atoms with Crippen molar-refractivity contribution in [1.29, 1.82) is 0 Å². The zero-order valence-corrected chi connectivity index (χ0v) is 8.68. The molecule has 0 spiro atoms. The van der Waals surface area contributed by atoms with Gasteiger partial charge in [-0.1, -0.05) is 20.3 Å². The van der Waals surface area contributed by atoms with Crippen molar-refractivity contribution >= 4 is 5.91 Å². The molecule has 1 rings (SSSR count). The molecule has 3 nitrogen and oxygen atoms in total. The molecule has 0 radical (unpaired) electrons. The minimum atomic E-state index is 0.0746. The third kappa shape index (κ3) is 2.69. The number of hydrogen-bond donors (Lipinski definition) is 1. The molecule has 1 unspecified atom stereocenters. The van der Waals surface area contributed by atoms with Crippen LogP contribution in [0.1, 0.15) is 33.1 Å². The zero-order chi connectivity index (χ0) is 9.68. The lowest BCUT2D eigenvalue weighted by molar-refractivity contribution is -0.135. The number of carbonyl (C=O) groups is 1. The van der Waals surface area contributed by atoms with E-state index in [1.165, 1.54) is 0 Å². The summed E-state index contributed by atoms with van der Waals surface area (Å²) in [7, 11) is 0. The predicted octanol–water partition coefficient (Wildman–Crippen LogP) is 0.997. The largest absolute Gasteiger partial charge is 0.340 e. The molecule has 1 N–H and O–H groups in total. The molecule has 13 heavy (non-hydrogen) atoms. The maximum absolute atomic E-state index is 11.7. The van der Waals surface area contributed by atoms with Gasteiger partial charge in [0.25, 0.3) is 0 Å². The lowest BCUT2D eigenvalue weighted by atomic mass is 10.1. The van der Waals surface area contributed by atoms with Gasteiger partial charge in [0.1, 0.15) is 0 Å². The average molecular weight is 184 g/mol. The van der Waals surface area contributed by atoms with Gasteiger partial charge in [-0.3, -0.25) is 4.79 Å². The molecule has 0 aromatic carbocycles. The van der Waals surface area contributed by atoms with E-state index >= 15 is 0 Å². The molecule has 1 heterocycles. The van der Waals surface area contributed by atoms with Gasteiger partial charge >= 0.3 is 0 Å². The van der Waals surface area contributed by atoms with Gasteiger partial charge in [0.2, 0.25) is 5.91 Å². The van der Waals surface area contributed by atoms with Gasteiger partial charge in [0.05, 0.1) is 6.04 Å². The first-order valence-electron chi connectivity index (χ1n) is 5.31. The van der Waals surface area contributed by atoms with Crippen LogP contribution in [0.4, 0.5) is 0 Å². The van der Waals surface area contributed by atoms with Gasteiger partial charge in [-0.05, 0) is 12.8 Å². The molecule has 76 valence electrons. The molecule has 0 aromatic heterocycles. The van der Waals surface area contributed by atoms with Crippen molar-refractivity contribution in [2.24, 2.45) is 0 Å². The van der Waals surface area contributed by atoms with Crippen molar-refractivity contribution in [1.82, 2.24) is 10.2 Å². The van der Waals surface area contributed by atoms with E-state index in [0.29, 0.717) is 5.91 Å². The summed E-state index contributed by atoms with van der Waals surface area (Å²) in [6.07, 6.45) is 3.19. The van der Waals surface area contributed by atoms with Gasteiger partial charge in [0.15, 0.2) is 0 Å². The fourth-order valence-electron chi connectivity index (χ4n) is 1.68. The topological polar surface area (TPSA) is 32.3 Å². The Kier molecular flexibility index (Phi) is 4.22. The van der Waals surface area contributed by atoms with E-state index in [2.05, 4.69) is 19.2 Å². The quantitative estimate of drug-likeness (QED) is 0.707. The highest BCUT2D eigenvalue weighted by molar-refractivity contribution is 5.82. The summed E-state index contributed by atoms with van der Waals surface area (Å²) in [5.74, 6) is 0.294. The smallest absolute Gasteiger partial charge is 0.239 e. The van der Waals surface area contributed by atoms with Crippen LogP contribution in [0.3, 0.4) is 0 Å². The molecule has 1 amide bonds. The Morgan fingerprint density at radius 3 is 2.92 bits per heavy atom. The molecule has 1 atom stereocenters. The summed E-state index contributed by atoms with van der Waals surface area (Å²) < 4.78 is 0. The van der Waals surface area contributed by atoms with Crippen LogP contribution in [0.15, 0.2) is 0 Å². The lowest BCUT2D eigenvalue weighted by Crippen LogP contribution is -2.54. The Hall–Kier alpha value is -0.570. The summed E-state index contributed by atoms with van der Waals surface area (Å²) >= 11 is 0. The Bertz CT molecular complexity index is 170. The number of rotatable bonds is 4. The van der Waals surface area contributed by atoms with Crippen LogP contribution in [-0.2, 0) is 4.79 Å². The number of piperazine rings is 1. The Balaban J connectivity index is 2.40. The van der Waals surface area contributed by atoms with E-state index in [9.17, 15) is 4.79 Å². The zero-order valence-electron chi connectivity index (χ0n) is 8.68. The molecule has 1 aliphatic heterocycles. The van der Waals surface area contributed by atoms with Crippen LogP contribution in [0.2, 0.25) is 0 Å². The standard InChI is InChI=1S/C10H20N2O/c1-3-5-7-12-8-6-11-9(4-2)10(12)13/h9,11H,3-8H2,1-2H3. The number of unbranched alkanes of at least 4 members (excludes halogenated alkanes) is 1. The van der Waals surface area contributed by atoms with Gasteiger partial charge in [-0.15, -0.1) is 0 Å². The molecule has 0 bridgehead atoms. The maximum atomic E-state index is 11.7. The fourth-order valence-corrected chi connectivity index (χ4v) is 1.68. The number of amides is 1. The normalized spacial score (nSPS) is 23.7. The van der Waals surface area contributed by atoms with Gasteiger partial charge in [0, 0.05) is 19.6 Å². The number of nitrogens with zero attached hydrogens (tertiary/aromatic N) is 1. The number of nitrogens with one attached hydrogen (secondary N) is 1. The Labute approximate surface area is 80.5 Å². The molecular formula is C10H20N2O. The molecule has 0 saturated carbocycles. The predicted molar refractivity (Wildman–Crippen MR) is 53.6 cm³/mol. The van der Waals surface area contributed by atoms with E-state index in [1.54, 1.807) is 0 Å². The van der Waals surface area contributed by atoms with Crippen molar-refractivity contribution in [2.75, 3.05) is 19.6 Å². The highest BCUT2D eigenvalue weighted by Gasteiger charge is 2.25. The molecule has 0 aromatic rings. The van der Waals surface area contributed by atoms with Crippen LogP contribution in [0.5, 0.6) is 0 Å². The van der Waals surface area contributed by atoms with Crippen molar-refractivity contribution in [3.63, 3.8) is 0 Å². The first-order valence-corrected chi connectivity index (χ1v) is 5.31. The summed E-state index contributed by atoms with van der Waals surface area (Å²) in [6.45, 7) is 6.99. The molecule has 1 aliphatic rings. The van der Waals surface area contributed by atoms with E-state index in [-0.39, 0.29) is 6.04 Å². The Morgan fingerprint density at radius 1 is 1.54 bits per heavy atom. The van der Waals surface area contributed by atoms with Gasteiger partial charge in [-0.25, -0.2) is 0 Å². The van der Waals surface area contributed by atoms with Crippen LogP contribution in [0.25, 0.3) is 0 Å². The van der Waals surface area contributed by atoms with Crippen molar-refractivity contribution < 1.29 is 4.79 Å². The third-order valence-corrected chi connectivity index (χ3v) is 2.57. The van der Waals surface area contributed by atoms with Gasteiger partial charge in [-0.2, -0.15) is 0 Å². The molecular weight excluding hydrogens is 164 g/mol. The highest BCUT2D eigenvalue weighted by atomic mass is 16.2. The number of hydrogen-bond acceptors (Lipinski definition) is 2. The van der Waals surface area contributed by atoms with E-state index < -0.39 is 0 Å². The van der Waals surface area contributed by atoms with E-state index in [0.717, 1.165) is 38.9 Å². The van der Waals surface area contributed by atoms with E-state index in [1.807, 2.05) is 4.90 Å². The molecule has 0 aliphatic carbocycles. The van der Waals surface area contributed by atoms with Crippen molar-refractivity contribution in [2.45, 2.75) is 39.2 Å². The van der Waals surface area contributed by atoms with E-state index in [4.69, 9.17) is 0 Å². The van der Waals surface area contributed by atoms with Crippen molar-refractivity contribution in [3.8, 4) is 0 Å². The van der Waals surface area contributed by atoms with Crippen LogP contribution < -0.4 is 5.32 Å². The summed E-state index contributed by atoms with van der Waals surface area (Å²) in [5.41, 5.74) is 0. The first kappa shape index (κ1) is 10.5. The Morgan fingerprint density at radius 2 is 2.31 bits per heavy atom. The second-order valence-electron chi connectivity index (χ2n) is 3.59. The minimum Gasteiger partial charge on any atom is -0.340 e. The SMILES string of the molecule is CCCCN1CCNC(CC)C1=O. The third-order valence-electron chi connectivity index (χ3n) is 2.57. The lowest BCUT2D eigenvalue weighted by Gasteiger charge is -2.32. The maximum Gasteiger partial charge on any atom is 0.239 e. The second-order valence-corrected chi connectivity index (χ2v) is 3.59. The van der Waals surface area contributed by atoms with Gasteiger partial charge < -0.3 is 10.2 Å².